The molecule has 0 bridgehead atoms. The molecule has 0 saturated carbocycles. The molecular weight excluding hydrogens is 286 g/mol. The lowest BCUT2D eigenvalue weighted by molar-refractivity contribution is -0.890. The van der Waals surface area contributed by atoms with Gasteiger partial charge in [0.25, 0.3) is 0 Å². The summed E-state index contributed by atoms with van der Waals surface area (Å²) in [6.45, 7) is 11.3. The van der Waals surface area contributed by atoms with Crippen molar-refractivity contribution in [1.29, 1.82) is 0 Å². The van der Waals surface area contributed by atoms with Crippen molar-refractivity contribution in [1.82, 2.24) is 0 Å². The maximum Gasteiger partial charge on any atom is 0.158 e. The summed E-state index contributed by atoms with van der Waals surface area (Å²) in [5.41, 5.74) is 2.99. The first-order valence-electron chi connectivity index (χ1n) is 9.21. The SMILES string of the molecule is CC(C)(C)c1ccc(CC[C@@H]2OC[C@@H](C[NH+]3CCCC3)O2)cc1. The van der Waals surface area contributed by atoms with Crippen LogP contribution in [0, 0.1) is 0 Å². The third-order valence-corrected chi connectivity index (χ3v) is 5.13. The monoisotopic (exact) mass is 318 g/mol. The first-order valence-corrected chi connectivity index (χ1v) is 9.21. The molecule has 2 aliphatic rings. The van der Waals surface area contributed by atoms with Gasteiger partial charge in [0.1, 0.15) is 12.6 Å². The van der Waals surface area contributed by atoms with E-state index in [1.54, 1.807) is 4.90 Å². The van der Waals surface area contributed by atoms with E-state index < -0.39 is 0 Å². The van der Waals surface area contributed by atoms with Gasteiger partial charge in [0, 0.05) is 19.3 Å². The van der Waals surface area contributed by atoms with Crippen molar-refractivity contribution in [2.24, 2.45) is 0 Å². The van der Waals surface area contributed by atoms with Crippen LogP contribution in [0.3, 0.4) is 0 Å². The summed E-state index contributed by atoms with van der Waals surface area (Å²) in [5, 5.41) is 0. The number of hydrogen-bond donors (Lipinski definition) is 1. The number of aryl methyl sites for hydroxylation is 1. The van der Waals surface area contributed by atoms with Gasteiger partial charge in [0.15, 0.2) is 6.29 Å². The van der Waals surface area contributed by atoms with Crippen molar-refractivity contribution < 1.29 is 14.4 Å². The Kier molecular flexibility index (Phi) is 5.40. The topological polar surface area (TPSA) is 22.9 Å². The highest BCUT2D eigenvalue weighted by Crippen LogP contribution is 2.23. The van der Waals surface area contributed by atoms with Gasteiger partial charge in [-0.05, 0) is 23.0 Å². The van der Waals surface area contributed by atoms with Crippen LogP contribution in [0.4, 0.5) is 0 Å². The predicted molar refractivity (Wildman–Crippen MR) is 92.9 cm³/mol. The minimum atomic E-state index is -0.00991. The molecule has 1 aromatic rings. The number of benzene rings is 1. The molecule has 0 radical (unpaired) electrons. The lowest BCUT2D eigenvalue weighted by Crippen LogP contribution is -3.11. The zero-order valence-electron chi connectivity index (χ0n) is 14.9. The van der Waals surface area contributed by atoms with Crippen molar-refractivity contribution >= 4 is 0 Å². The molecule has 128 valence electrons. The Morgan fingerprint density at radius 2 is 1.78 bits per heavy atom. The highest BCUT2D eigenvalue weighted by Gasteiger charge is 2.30. The second-order valence-corrected chi connectivity index (χ2v) is 8.17. The minimum absolute atomic E-state index is 0.00991. The molecule has 0 aromatic heterocycles. The lowest BCUT2D eigenvalue weighted by Gasteiger charge is -2.19. The van der Waals surface area contributed by atoms with E-state index in [-0.39, 0.29) is 11.7 Å². The summed E-state index contributed by atoms with van der Waals surface area (Å²) < 4.78 is 11.9. The van der Waals surface area contributed by atoms with E-state index >= 15 is 0 Å². The number of likely N-dealkylation sites (tertiary alicyclic amines) is 1. The third-order valence-electron chi connectivity index (χ3n) is 5.13. The molecule has 2 fully saturated rings. The van der Waals surface area contributed by atoms with Crippen LogP contribution in [-0.2, 0) is 21.3 Å². The van der Waals surface area contributed by atoms with Crippen LogP contribution in [0.15, 0.2) is 24.3 Å². The number of ether oxygens (including phenoxy) is 2. The van der Waals surface area contributed by atoms with Crippen LogP contribution >= 0.6 is 0 Å². The number of nitrogens with one attached hydrogen (secondary N) is 1. The van der Waals surface area contributed by atoms with Gasteiger partial charge >= 0.3 is 0 Å². The van der Waals surface area contributed by atoms with Crippen molar-refractivity contribution in [3.63, 3.8) is 0 Å². The molecule has 0 aliphatic carbocycles. The molecule has 1 N–H and O–H groups in total. The van der Waals surface area contributed by atoms with Crippen LogP contribution in [0.25, 0.3) is 0 Å². The van der Waals surface area contributed by atoms with Gasteiger partial charge in [-0.25, -0.2) is 0 Å². The average Bonchev–Trinajstić information content (AvgIpc) is 3.17. The first-order chi connectivity index (χ1) is 11.0. The fourth-order valence-corrected chi connectivity index (χ4v) is 3.62. The first kappa shape index (κ1) is 16.9. The Hall–Kier alpha value is -0.900. The maximum absolute atomic E-state index is 6.08. The van der Waals surface area contributed by atoms with E-state index in [1.807, 2.05) is 0 Å². The fraction of sp³-hybridized carbons (Fsp3) is 0.700. The number of hydrogen-bond acceptors (Lipinski definition) is 2. The molecule has 3 heteroatoms. The Morgan fingerprint density at radius 1 is 1.09 bits per heavy atom. The minimum Gasteiger partial charge on any atom is -0.350 e. The Balaban J connectivity index is 1.42. The van der Waals surface area contributed by atoms with Gasteiger partial charge in [-0.15, -0.1) is 0 Å². The molecule has 3 nitrogen and oxygen atoms in total. The Labute approximate surface area is 141 Å². The molecule has 0 unspecified atom stereocenters. The van der Waals surface area contributed by atoms with Crippen molar-refractivity contribution in [3.05, 3.63) is 35.4 Å². The second kappa shape index (κ2) is 7.33. The summed E-state index contributed by atoms with van der Waals surface area (Å²) in [7, 11) is 0. The van der Waals surface area contributed by atoms with Gasteiger partial charge in [-0.3, -0.25) is 0 Å². The second-order valence-electron chi connectivity index (χ2n) is 8.17. The van der Waals surface area contributed by atoms with Gasteiger partial charge in [0.2, 0.25) is 0 Å². The van der Waals surface area contributed by atoms with Crippen LogP contribution < -0.4 is 4.90 Å². The maximum atomic E-state index is 6.08. The highest BCUT2D eigenvalue weighted by molar-refractivity contribution is 5.27. The van der Waals surface area contributed by atoms with Crippen molar-refractivity contribution in [2.45, 2.75) is 64.3 Å². The summed E-state index contributed by atoms with van der Waals surface area (Å²) >= 11 is 0. The standard InChI is InChI=1S/C20H31NO2/c1-20(2,3)17-9-6-16(7-10-17)8-11-19-22-15-18(23-19)14-21-12-4-5-13-21/h6-7,9-10,18-19H,4-5,8,11-15H2,1-3H3/p+1/t18-,19-/m1/s1. The molecule has 0 spiro atoms. The van der Waals surface area contributed by atoms with Crippen LogP contribution in [-0.4, -0.2) is 38.6 Å². The van der Waals surface area contributed by atoms with Crippen molar-refractivity contribution in [2.75, 3.05) is 26.2 Å². The molecule has 2 atom stereocenters. The van der Waals surface area contributed by atoms with Gasteiger partial charge in [0.05, 0.1) is 19.7 Å². The van der Waals surface area contributed by atoms with Gasteiger partial charge in [-0.2, -0.15) is 0 Å². The summed E-state index contributed by atoms with van der Waals surface area (Å²) in [5.74, 6) is 0. The van der Waals surface area contributed by atoms with E-state index in [1.165, 1.54) is 37.1 Å². The highest BCUT2D eigenvalue weighted by atomic mass is 16.7. The molecule has 0 amide bonds. The molecule has 2 aliphatic heterocycles. The normalized spacial score (nSPS) is 26.0. The van der Waals surface area contributed by atoms with Crippen molar-refractivity contribution in [3.8, 4) is 0 Å². The van der Waals surface area contributed by atoms with Crippen LogP contribution in [0.1, 0.15) is 51.2 Å². The number of quaternary nitrogens is 1. The molecule has 1 aromatic carbocycles. The quantitative estimate of drug-likeness (QED) is 0.900. The van der Waals surface area contributed by atoms with E-state index in [2.05, 4.69) is 45.0 Å². The molecule has 2 saturated heterocycles. The third kappa shape index (κ3) is 4.79. The molecule has 3 rings (SSSR count). The van der Waals surface area contributed by atoms with E-state index in [0.717, 1.165) is 26.0 Å². The van der Waals surface area contributed by atoms with Crippen LogP contribution in [0.2, 0.25) is 0 Å². The smallest absolute Gasteiger partial charge is 0.158 e. The van der Waals surface area contributed by atoms with E-state index in [9.17, 15) is 0 Å². The van der Waals surface area contributed by atoms with E-state index in [0.29, 0.717) is 6.10 Å². The fourth-order valence-electron chi connectivity index (χ4n) is 3.62. The van der Waals surface area contributed by atoms with Gasteiger partial charge < -0.3 is 14.4 Å². The largest absolute Gasteiger partial charge is 0.350 e. The summed E-state index contributed by atoms with van der Waals surface area (Å²) in [4.78, 5) is 1.69. The Morgan fingerprint density at radius 3 is 2.43 bits per heavy atom. The zero-order chi connectivity index (χ0) is 16.3. The average molecular weight is 318 g/mol. The molecule has 2 heterocycles. The zero-order valence-corrected chi connectivity index (χ0v) is 14.9. The van der Waals surface area contributed by atoms with Gasteiger partial charge in [-0.1, -0.05) is 45.0 Å². The Bertz CT molecular complexity index is 485. The number of rotatable bonds is 5. The van der Waals surface area contributed by atoms with Crippen LogP contribution in [0.5, 0.6) is 0 Å². The summed E-state index contributed by atoms with van der Waals surface area (Å²) in [6, 6.07) is 9.01. The van der Waals surface area contributed by atoms with E-state index in [4.69, 9.17) is 9.47 Å². The predicted octanol–water partition coefficient (Wildman–Crippen LogP) is 2.34. The summed E-state index contributed by atoms with van der Waals surface area (Å²) in [6.07, 6.45) is 5.02. The molecular formula is C20H32NO2+. The molecule has 23 heavy (non-hydrogen) atoms. The lowest BCUT2D eigenvalue weighted by atomic mass is 9.86.